The molecule has 0 aliphatic heterocycles. The molecule has 2 aromatic rings. The number of aliphatic carboxylic acids is 1. The summed E-state index contributed by atoms with van der Waals surface area (Å²) in [6.07, 6.45) is 1.75. The lowest BCUT2D eigenvalue weighted by atomic mass is 10.2. The Morgan fingerprint density at radius 1 is 1.33 bits per heavy atom. The van der Waals surface area contributed by atoms with Crippen LogP contribution in [-0.4, -0.2) is 26.4 Å². The highest BCUT2D eigenvalue weighted by Gasteiger charge is 2.11. The van der Waals surface area contributed by atoms with Crippen molar-refractivity contribution in [1.29, 1.82) is 0 Å². The summed E-state index contributed by atoms with van der Waals surface area (Å²) in [5, 5.41) is 9.43. The fraction of sp³-hybridized carbons (Fsp3) is 0.231. The van der Waals surface area contributed by atoms with Gasteiger partial charge in [0.15, 0.2) is 5.16 Å². The molecule has 18 heavy (non-hydrogen) atoms. The van der Waals surface area contributed by atoms with Gasteiger partial charge in [0.1, 0.15) is 0 Å². The first-order valence-electron chi connectivity index (χ1n) is 5.54. The summed E-state index contributed by atoms with van der Waals surface area (Å²) in [5.41, 5.74) is 3.19. The average molecular weight is 262 g/mol. The molecule has 0 atom stereocenters. The molecular formula is C13H14N2O2S. The Morgan fingerprint density at radius 2 is 2.00 bits per heavy atom. The van der Waals surface area contributed by atoms with Crippen LogP contribution < -0.4 is 0 Å². The topological polar surface area (TPSA) is 55.1 Å². The van der Waals surface area contributed by atoms with Crippen LogP contribution in [0.25, 0.3) is 5.69 Å². The third kappa shape index (κ3) is 2.73. The summed E-state index contributed by atoms with van der Waals surface area (Å²) in [6.45, 7) is 3.99. The summed E-state index contributed by atoms with van der Waals surface area (Å²) < 4.78 is 1.97. The van der Waals surface area contributed by atoms with Crippen LogP contribution in [-0.2, 0) is 4.79 Å². The molecule has 0 radical (unpaired) electrons. The molecular weight excluding hydrogens is 248 g/mol. The molecule has 0 spiro atoms. The van der Waals surface area contributed by atoms with Gasteiger partial charge in [0.25, 0.3) is 0 Å². The average Bonchev–Trinajstić information content (AvgIpc) is 2.69. The molecule has 5 heteroatoms. The van der Waals surface area contributed by atoms with E-state index in [0.29, 0.717) is 5.16 Å². The highest BCUT2D eigenvalue weighted by Crippen LogP contribution is 2.23. The lowest BCUT2D eigenvalue weighted by Gasteiger charge is -2.09. The Bertz CT molecular complexity index is 561. The number of hydrogen-bond donors (Lipinski definition) is 1. The minimum atomic E-state index is -0.837. The number of rotatable bonds is 4. The van der Waals surface area contributed by atoms with Crippen LogP contribution >= 0.6 is 11.8 Å². The SMILES string of the molecule is Cc1ccc(-n2c(C)cnc2SCC(=O)O)cc1. The second-order valence-electron chi connectivity index (χ2n) is 4.04. The van der Waals surface area contributed by atoms with Crippen LogP contribution in [0, 0.1) is 13.8 Å². The van der Waals surface area contributed by atoms with Gasteiger partial charge >= 0.3 is 5.97 Å². The maximum atomic E-state index is 10.6. The summed E-state index contributed by atoms with van der Waals surface area (Å²) >= 11 is 1.23. The number of imidazole rings is 1. The van der Waals surface area contributed by atoms with Gasteiger partial charge in [-0.2, -0.15) is 0 Å². The zero-order valence-corrected chi connectivity index (χ0v) is 11.1. The number of carbonyl (C=O) groups is 1. The third-order valence-electron chi connectivity index (χ3n) is 2.52. The Morgan fingerprint density at radius 3 is 2.61 bits per heavy atom. The van der Waals surface area contributed by atoms with E-state index in [1.54, 1.807) is 6.20 Å². The van der Waals surface area contributed by atoms with Gasteiger partial charge in [-0.25, -0.2) is 4.98 Å². The second-order valence-corrected chi connectivity index (χ2v) is 4.98. The van der Waals surface area contributed by atoms with E-state index in [1.165, 1.54) is 17.3 Å². The van der Waals surface area contributed by atoms with Crippen molar-refractivity contribution in [2.45, 2.75) is 19.0 Å². The van der Waals surface area contributed by atoms with Crippen molar-refractivity contribution in [2.75, 3.05) is 5.75 Å². The lowest BCUT2D eigenvalue weighted by molar-refractivity contribution is -0.133. The highest BCUT2D eigenvalue weighted by molar-refractivity contribution is 7.99. The normalized spacial score (nSPS) is 10.6. The maximum absolute atomic E-state index is 10.6. The molecule has 0 bridgehead atoms. The molecule has 2 rings (SSSR count). The van der Waals surface area contributed by atoms with Gasteiger partial charge in [0.05, 0.1) is 5.75 Å². The summed E-state index contributed by atoms with van der Waals surface area (Å²) in [7, 11) is 0. The number of hydrogen-bond acceptors (Lipinski definition) is 3. The van der Waals surface area contributed by atoms with Gasteiger partial charge in [0, 0.05) is 17.6 Å². The van der Waals surface area contributed by atoms with E-state index < -0.39 is 5.97 Å². The zero-order valence-electron chi connectivity index (χ0n) is 10.3. The van der Waals surface area contributed by atoms with Gasteiger partial charge < -0.3 is 5.11 Å². The van der Waals surface area contributed by atoms with Gasteiger partial charge in [-0.3, -0.25) is 9.36 Å². The molecule has 1 aromatic carbocycles. The first kappa shape index (κ1) is 12.7. The first-order chi connectivity index (χ1) is 8.58. The van der Waals surface area contributed by atoms with E-state index in [0.717, 1.165) is 11.4 Å². The molecule has 0 fully saturated rings. The number of aryl methyl sites for hydroxylation is 2. The first-order valence-corrected chi connectivity index (χ1v) is 6.52. The third-order valence-corrected chi connectivity index (χ3v) is 3.46. The predicted octanol–water partition coefficient (Wildman–Crippen LogP) is 2.67. The largest absolute Gasteiger partial charge is 0.481 e. The number of thioether (sulfide) groups is 1. The number of carboxylic acids is 1. The molecule has 94 valence electrons. The quantitative estimate of drug-likeness (QED) is 0.861. The van der Waals surface area contributed by atoms with Crippen molar-refractivity contribution in [2.24, 2.45) is 0 Å². The van der Waals surface area contributed by atoms with E-state index >= 15 is 0 Å². The van der Waals surface area contributed by atoms with E-state index in [2.05, 4.69) is 4.98 Å². The Labute approximate surface area is 110 Å². The van der Waals surface area contributed by atoms with Gasteiger partial charge in [-0.05, 0) is 26.0 Å². The maximum Gasteiger partial charge on any atom is 0.313 e. The Hall–Kier alpha value is -1.75. The molecule has 1 N–H and O–H groups in total. The van der Waals surface area contributed by atoms with Gasteiger partial charge in [0.2, 0.25) is 0 Å². The molecule has 4 nitrogen and oxygen atoms in total. The van der Waals surface area contributed by atoms with Crippen molar-refractivity contribution in [3.05, 3.63) is 41.7 Å². The van der Waals surface area contributed by atoms with Crippen molar-refractivity contribution >= 4 is 17.7 Å². The molecule has 0 unspecified atom stereocenters. The Balaban J connectivity index is 2.34. The standard InChI is InChI=1S/C13H14N2O2S/c1-9-3-5-11(6-4-9)15-10(2)7-14-13(15)18-8-12(16)17/h3-7H,8H2,1-2H3,(H,16,17). The van der Waals surface area contributed by atoms with Crippen LogP contribution in [0.5, 0.6) is 0 Å². The fourth-order valence-electron chi connectivity index (χ4n) is 1.65. The summed E-state index contributed by atoms with van der Waals surface area (Å²) in [6, 6.07) is 8.07. The smallest absolute Gasteiger partial charge is 0.313 e. The van der Waals surface area contributed by atoms with Gasteiger partial charge in [-0.15, -0.1) is 0 Å². The van der Waals surface area contributed by atoms with Crippen LogP contribution in [0.2, 0.25) is 0 Å². The lowest BCUT2D eigenvalue weighted by Crippen LogP contribution is -2.02. The predicted molar refractivity (Wildman–Crippen MR) is 71.4 cm³/mol. The monoisotopic (exact) mass is 262 g/mol. The molecule has 0 saturated carbocycles. The molecule has 1 heterocycles. The van der Waals surface area contributed by atoms with Crippen molar-refractivity contribution in [3.63, 3.8) is 0 Å². The van der Waals surface area contributed by atoms with Crippen LogP contribution in [0.3, 0.4) is 0 Å². The molecule has 0 aliphatic rings. The fourth-order valence-corrected chi connectivity index (χ4v) is 2.41. The Kier molecular flexibility index (Phi) is 3.72. The van der Waals surface area contributed by atoms with Gasteiger partial charge in [-0.1, -0.05) is 29.5 Å². The highest BCUT2D eigenvalue weighted by atomic mass is 32.2. The molecule has 1 aromatic heterocycles. The van der Waals surface area contributed by atoms with Crippen LogP contribution in [0.15, 0.2) is 35.6 Å². The van der Waals surface area contributed by atoms with E-state index in [-0.39, 0.29) is 5.75 Å². The molecule has 0 saturated heterocycles. The minimum absolute atomic E-state index is 0.0162. The second kappa shape index (κ2) is 5.27. The minimum Gasteiger partial charge on any atom is -0.481 e. The number of nitrogens with zero attached hydrogens (tertiary/aromatic N) is 2. The summed E-state index contributed by atoms with van der Waals surface area (Å²) in [5.74, 6) is -0.821. The molecule has 0 amide bonds. The van der Waals surface area contributed by atoms with Crippen molar-refractivity contribution < 1.29 is 9.90 Å². The van der Waals surface area contributed by atoms with Crippen molar-refractivity contribution in [1.82, 2.24) is 9.55 Å². The molecule has 0 aliphatic carbocycles. The summed E-state index contributed by atoms with van der Waals surface area (Å²) in [4.78, 5) is 14.9. The number of benzene rings is 1. The van der Waals surface area contributed by atoms with E-state index in [1.807, 2.05) is 42.7 Å². The van der Waals surface area contributed by atoms with Crippen molar-refractivity contribution in [3.8, 4) is 5.69 Å². The van der Waals surface area contributed by atoms with Crippen LogP contribution in [0.4, 0.5) is 0 Å². The zero-order chi connectivity index (χ0) is 13.1. The van der Waals surface area contributed by atoms with E-state index in [4.69, 9.17) is 5.11 Å². The number of carboxylic acid groups (broad SMARTS) is 1. The van der Waals surface area contributed by atoms with E-state index in [9.17, 15) is 4.79 Å². The number of aromatic nitrogens is 2. The van der Waals surface area contributed by atoms with Crippen LogP contribution in [0.1, 0.15) is 11.3 Å².